The van der Waals surface area contributed by atoms with Crippen molar-refractivity contribution in [1.82, 2.24) is 0 Å². The Morgan fingerprint density at radius 3 is 2.31 bits per heavy atom. The molecule has 0 aromatic carbocycles. The van der Waals surface area contributed by atoms with E-state index >= 15 is 0 Å². The molecule has 3 atom stereocenters. The van der Waals surface area contributed by atoms with Crippen molar-refractivity contribution >= 4 is 5.97 Å². The third-order valence-corrected chi connectivity index (χ3v) is 3.33. The molecule has 5 heteroatoms. The van der Waals surface area contributed by atoms with E-state index in [9.17, 15) is 15.0 Å². The van der Waals surface area contributed by atoms with Crippen molar-refractivity contribution in [2.45, 2.75) is 51.7 Å². The highest BCUT2D eigenvalue weighted by Crippen LogP contribution is 2.38. The molecule has 0 saturated carbocycles. The highest BCUT2D eigenvalue weighted by Gasteiger charge is 2.48. The maximum Gasteiger partial charge on any atom is 0.312 e. The Bertz CT molecular complexity index is 295. The summed E-state index contributed by atoms with van der Waals surface area (Å²) in [6, 6.07) is 1.78. The van der Waals surface area contributed by atoms with Gasteiger partial charge in [-0.1, -0.05) is 6.92 Å². The van der Waals surface area contributed by atoms with E-state index in [4.69, 9.17) is 10.4 Å². The fourth-order valence-corrected chi connectivity index (χ4v) is 1.62. The van der Waals surface area contributed by atoms with Crippen molar-refractivity contribution in [1.29, 1.82) is 5.26 Å². The maximum atomic E-state index is 11.1. The molecule has 0 fully saturated rings. The van der Waals surface area contributed by atoms with Crippen LogP contribution in [0.15, 0.2) is 0 Å². The largest absolute Gasteiger partial charge is 0.481 e. The first kappa shape index (κ1) is 14.9. The number of rotatable bonds is 6. The first-order chi connectivity index (χ1) is 7.21. The number of carboxylic acids is 1. The van der Waals surface area contributed by atoms with Gasteiger partial charge < -0.3 is 15.3 Å². The van der Waals surface area contributed by atoms with Gasteiger partial charge in [0.1, 0.15) is 0 Å². The van der Waals surface area contributed by atoms with E-state index in [1.165, 1.54) is 13.8 Å². The van der Waals surface area contributed by atoms with Gasteiger partial charge in [-0.25, -0.2) is 0 Å². The van der Waals surface area contributed by atoms with E-state index in [1.54, 1.807) is 13.0 Å². The van der Waals surface area contributed by atoms with Gasteiger partial charge in [0.15, 0.2) is 0 Å². The summed E-state index contributed by atoms with van der Waals surface area (Å²) >= 11 is 0. The summed E-state index contributed by atoms with van der Waals surface area (Å²) < 4.78 is 0. The molecule has 0 aliphatic rings. The highest BCUT2D eigenvalue weighted by atomic mass is 16.4. The molecule has 0 aromatic rings. The molecule has 0 amide bonds. The van der Waals surface area contributed by atoms with Gasteiger partial charge in [0.2, 0.25) is 0 Å². The second kappa shape index (κ2) is 5.28. The average molecular weight is 229 g/mol. The lowest BCUT2D eigenvalue weighted by atomic mass is 9.69. The molecule has 92 valence electrons. The highest BCUT2D eigenvalue weighted by molar-refractivity contribution is 5.75. The van der Waals surface area contributed by atoms with Crippen molar-refractivity contribution in [2.75, 3.05) is 0 Å². The smallest absolute Gasteiger partial charge is 0.312 e. The molecule has 16 heavy (non-hydrogen) atoms. The quantitative estimate of drug-likeness (QED) is 0.628. The number of aliphatic hydroxyl groups is 2. The summed E-state index contributed by atoms with van der Waals surface area (Å²) in [6.45, 7) is 4.49. The van der Waals surface area contributed by atoms with Gasteiger partial charge >= 0.3 is 5.97 Å². The normalized spacial score (nSPS) is 20.2. The Morgan fingerprint density at radius 2 is 2.00 bits per heavy atom. The average Bonchev–Trinajstić information content (AvgIpc) is 2.15. The molecule has 5 nitrogen and oxygen atoms in total. The zero-order valence-corrected chi connectivity index (χ0v) is 9.90. The number of carbonyl (C=O) groups is 1. The molecular weight excluding hydrogens is 210 g/mol. The molecule has 0 spiro atoms. The van der Waals surface area contributed by atoms with Crippen LogP contribution in [-0.4, -0.2) is 33.0 Å². The minimum absolute atomic E-state index is 0.116. The number of aliphatic hydroxyl groups excluding tert-OH is 1. The molecule has 3 N–H and O–H groups in total. The van der Waals surface area contributed by atoms with Crippen LogP contribution in [0, 0.1) is 16.7 Å². The van der Waals surface area contributed by atoms with Gasteiger partial charge in [0, 0.05) is 6.42 Å². The summed E-state index contributed by atoms with van der Waals surface area (Å²) in [6.07, 6.45) is -1.01. The van der Waals surface area contributed by atoms with E-state index in [1.807, 2.05) is 0 Å². The number of hydrogen-bond acceptors (Lipinski definition) is 4. The zero-order chi connectivity index (χ0) is 13.0. The van der Waals surface area contributed by atoms with Crippen molar-refractivity contribution in [2.24, 2.45) is 5.41 Å². The van der Waals surface area contributed by atoms with Crippen LogP contribution in [0.5, 0.6) is 0 Å². The van der Waals surface area contributed by atoms with Crippen LogP contribution in [0.25, 0.3) is 0 Å². The summed E-state index contributed by atoms with van der Waals surface area (Å²) in [5.74, 6) is -1.11. The molecule has 0 bridgehead atoms. The van der Waals surface area contributed by atoms with Crippen LogP contribution in [0.3, 0.4) is 0 Å². The predicted molar refractivity (Wildman–Crippen MR) is 57.5 cm³/mol. The lowest BCUT2D eigenvalue weighted by molar-refractivity contribution is -0.169. The van der Waals surface area contributed by atoms with Crippen LogP contribution < -0.4 is 0 Å². The standard InChI is InChI=1S/C11H19NO4/c1-4-10(2,9(14)15)11(3,16)7-8(13)5-6-12/h8,13,16H,4-5,7H2,1-3H3,(H,14,15)/t8-,10?,11-/m1/s1. The van der Waals surface area contributed by atoms with Crippen LogP contribution >= 0.6 is 0 Å². The molecule has 0 aliphatic heterocycles. The van der Waals surface area contributed by atoms with Crippen molar-refractivity contribution in [3.05, 3.63) is 0 Å². The fourth-order valence-electron chi connectivity index (χ4n) is 1.62. The molecule has 0 aliphatic carbocycles. The summed E-state index contributed by atoms with van der Waals surface area (Å²) in [5.41, 5.74) is -2.88. The second-order valence-electron chi connectivity index (χ2n) is 4.48. The van der Waals surface area contributed by atoms with Crippen LogP contribution in [0.4, 0.5) is 0 Å². The van der Waals surface area contributed by atoms with Crippen molar-refractivity contribution in [3.8, 4) is 6.07 Å². The van der Waals surface area contributed by atoms with Crippen LogP contribution in [0.2, 0.25) is 0 Å². The lowest BCUT2D eigenvalue weighted by Crippen LogP contribution is -2.50. The Labute approximate surface area is 95.3 Å². The van der Waals surface area contributed by atoms with E-state index in [0.29, 0.717) is 0 Å². The lowest BCUT2D eigenvalue weighted by Gasteiger charge is -2.39. The minimum atomic E-state index is -1.55. The number of nitriles is 1. The molecule has 1 unspecified atom stereocenters. The van der Waals surface area contributed by atoms with Gasteiger partial charge in [0.05, 0.1) is 29.6 Å². The molecule has 0 saturated heterocycles. The Hall–Kier alpha value is -1.12. The number of aliphatic carboxylic acids is 1. The van der Waals surface area contributed by atoms with Crippen LogP contribution in [-0.2, 0) is 4.79 Å². The number of carboxylic acid groups (broad SMARTS) is 1. The Balaban J connectivity index is 4.88. The van der Waals surface area contributed by atoms with Gasteiger partial charge in [-0.2, -0.15) is 5.26 Å². The van der Waals surface area contributed by atoms with E-state index in [-0.39, 0.29) is 19.3 Å². The second-order valence-corrected chi connectivity index (χ2v) is 4.48. The SMILES string of the molecule is CCC(C)(C(=O)O)[C@](C)(O)C[C@H](O)CC#N. The minimum Gasteiger partial charge on any atom is -0.481 e. The maximum absolute atomic E-state index is 11.1. The summed E-state index contributed by atoms with van der Waals surface area (Å²) in [5, 5.41) is 37.1. The van der Waals surface area contributed by atoms with Gasteiger partial charge in [0.25, 0.3) is 0 Å². The Kier molecular flexibility index (Phi) is 4.91. The summed E-state index contributed by atoms with van der Waals surface area (Å²) in [7, 11) is 0. The third kappa shape index (κ3) is 2.94. The molecule has 0 radical (unpaired) electrons. The monoisotopic (exact) mass is 229 g/mol. The van der Waals surface area contributed by atoms with Crippen molar-refractivity contribution < 1.29 is 20.1 Å². The van der Waals surface area contributed by atoms with E-state index in [2.05, 4.69) is 0 Å². The number of nitrogens with zero attached hydrogens (tertiary/aromatic N) is 1. The number of hydrogen-bond donors (Lipinski definition) is 3. The molecule has 0 heterocycles. The predicted octanol–water partition coefficient (Wildman–Crippen LogP) is 0.903. The molecule has 0 aromatic heterocycles. The van der Waals surface area contributed by atoms with Gasteiger partial charge in [-0.15, -0.1) is 0 Å². The van der Waals surface area contributed by atoms with Crippen LogP contribution in [0.1, 0.15) is 40.0 Å². The van der Waals surface area contributed by atoms with E-state index < -0.39 is 23.1 Å². The first-order valence-corrected chi connectivity index (χ1v) is 5.22. The molecular formula is C11H19NO4. The van der Waals surface area contributed by atoms with Crippen molar-refractivity contribution in [3.63, 3.8) is 0 Å². The molecule has 0 rings (SSSR count). The fraction of sp³-hybridized carbons (Fsp3) is 0.818. The third-order valence-electron chi connectivity index (χ3n) is 3.33. The zero-order valence-electron chi connectivity index (χ0n) is 9.90. The first-order valence-electron chi connectivity index (χ1n) is 5.22. The van der Waals surface area contributed by atoms with Gasteiger partial charge in [-0.05, 0) is 20.3 Å². The Morgan fingerprint density at radius 1 is 1.50 bits per heavy atom. The summed E-state index contributed by atoms with van der Waals surface area (Å²) in [4.78, 5) is 11.1. The van der Waals surface area contributed by atoms with E-state index in [0.717, 1.165) is 0 Å². The van der Waals surface area contributed by atoms with Gasteiger partial charge in [-0.3, -0.25) is 4.79 Å². The topological polar surface area (TPSA) is 102 Å².